The van der Waals surface area contributed by atoms with Crippen LogP contribution in [0.15, 0.2) is 115 Å². The summed E-state index contributed by atoms with van der Waals surface area (Å²) >= 11 is 0. The molecule has 0 aliphatic heterocycles. The second-order valence-corrected chi connectivity index (χ2v) is 14.7. The molecular formula is C41H48N2. The van der Waals surface area contributed by atoms with Gasteiger partial charge in [-0.3, -0.25) is 9.97 Å². The second-order valence-electron chi connectivity index (χ2n) is 14.7. The van der Waals surface area contributed by atoms with Gasteiger partial charge in [0.25, 0.3) is 0 Å². The van der Waals surface area contributed by atoms with E-state index in [4.69, 9.17) is 0 Å². The Morgan fingerprint density at radius 1 is 0.512 bits per heavy atom. The number of pyridine rings is 2. The predicted octanol–water partition coefficient (Wildman–Crippen LogP) is 11.5. The van der Waals surface area contributed by atoms with Gasteiger partial charge < -0.3 is 0 Å². The van der Waals surface area contributed by atoms with Crippen molar-refractivity contribution in [2.45, 2.75) is 79.6 Å². The Bertz CT molecular complexity index is 1700. The van der Waals surface area contributed by atoms with E-state index >= 15 is 0 Å². The van der Waals surface area contributed by atoms with Crippen LogP contribution in [0.5, 0.6) is 0 Å². The molecule has 2 nitrogen and oxygen atoms in total. The quantitative estimate of drug-likeness (QED) is 0.197. The monoisotopic (exact) mass is 568 g/mol. The highest BCUT2D eigenvalue weighted by Crippen LogP contribution is 2.27. The third kappa shape index (κ3) is 8.97. The van der Waals surface area contributed by atoms with Gasteiger partial charge in [-0.25, -0.2) is 0 Å². The van der Waals surface area contributed by atoms with Gasteiger partial charge >= 0.3 is 0 Å². The first-order chi connectivity index (χ1) is 20.2. The Labute approximate surface area is 259 Å². The molecule has 0 fully saturated rings. The van der Waals surface area contributed by atoms with Crippen molar-refractivity contribution in [3.8, 4) is 0 Å². The van der Waals surface area contributed by atoms with Crippen LogP contribution in [0.3, 0.4) is 0 Å². The van der Waals surface area contributed by atoms with Crippen molar-refractivity contribution in [1.82, 2.24) is 9.97 Å². The number of rotatable bonds is 1. The number of aromatic nitrogens is 2. The molecule has 0 saturated heterocycles. The third-order valence-corrected chi connectivity index (χ3v) is 7.42. The molecule has 0 radical (unpaired) electrons. The van der Waals surface area contributed by atoms with Crippen LogP contribution < -0.4 is 0 Å². The standard InChI is InChI=1S/C15H18.2C13H15N/c1-15(2,3)11-13-9-6-8-12-7-4-5-10-14(12)13;1-13(2,3)11-8-10-6-4-5-7-12(10)14-9-11;1-13(2,3)12-9-8-10-6-4-5-7-11(10)14-12/h4-10H,11H2,1-3H3;2*4-9H,1-3H3. The highest BCUT2D eigenvalue weighted by atomic mass is 14.7. The van der Waals surface area contributed by atoms with Gasteiger partial charge in [-0.1, -0.05) is 147 Å². The summed E-state index contributed by atoms with van der Waals surface area (Å²) in [6.45, 7) is 20.0. The van der Waals surface area contributed by atoms with Crippen molar-refractivity contribution >= 4 is 32.6 Å². The van der Waals surface area contributed by atoms with E-state index in [0.29, 0.717) is 5.41 Å². The number of hydrogen-bond donors (Lipinski definition) is 0. The predicted molar refractivity (Wildman–Crippen MR) is 188 cm³/mol. The van der Waals surface area contributed by atoms with E-state index in [2.05, 4.69) is 157 Å². The molecule has 6 rings (SSSR count). The summed E-state index contributed by atoms with van der Waals surface area (Å²) in [5.74, 6) is 0. The Hall–Kier alpha value is -4.04. The summed E-state index contributed by atoms with van der Waals surface area (Å²) in [6.07, 6.45) is 3.11. The van der Waals surface area contributed by atoms with Crippen molar-refractivity contribution in [2.75, 3.05) is 0 Å². The molecule has 0 bridgehead atoms. The van der Waals surface area contributed by atoms with Gasteiger partial charge in [0, 0.05) is 28.1 Å². The van der Waals surface area contributed by atoms with Crippen LogP contribution in [0.1, 0.15) is 79.1 Å². The molecule has 222 valence electrons. The van der Waals surface area contributed by atoms with E-state index < -0.39 is 0 Å². The minimum atomic E-state index is 0.129. The lowest BCUT2D eigenvalue weighted by atomic mass is 9.86. The van der Waals surface area contributed by atoms with Crippen LogP contribution in [0, 0.1) is 5.41 Å². The highest BCUT2D eigenvalue weighted by Gasteiger charge is 2.16. The molecule has 0 amide bonds. The molecular weight excluding hydrogens is 520 g/mol. The van der Waals surface area contributed by atoms with E-state index in [-0.39, 0.29) is 10.8 Å². The molecule has 0 aliphatic rings. The van der Waals surface area contributed by atoms with Crippen LogP contribution in [-0.2, 0) is 17.3 Å². The van der Waals surface area contributed by atoms with Gasteiger partial charge in [-0.05, 0) is 63.4 Å². The molecule has 0 saturated carbocycles. The van der Waals surface area contributed by atoms with Gasteiger partial charge in [0.1, 0.15) is 0 Å². The van der Waals surface area contributed by atoms with E-state index in [1.54, 1.807) is 0 Å². The first kappa shape index (κ1) is 31.9. The fourth-order valence-electron chi connectivity index (χ4n) is 4.98. The third-order valence-electron chi connectivity index (χ3n) is 7.42. The topological polar surface area (TPSA) is 25.8 Å². The number of hydrogen-bond acceptors (Lipinski definition) is 2. The molecule has 0 unspecified atom stereocenters. The lowest BCUT2D eigenvalue weighted by Gasteiger charge is -2.19. The van der Waals surface area contributed by atoms with Gasteiger partial charge in [0.2, 0.25) is 0 Å². The maximum Gasteiger partial charge on any atom is 0.0705 e. The van der Waals surface area contributed by atoms with Crippen LogP contribution >= 0.6 is 0 Å². The normalized spacial score (nSPS) is 11.9. The molecule has 2 heteroatoms. The summed E-state index contributed by atoms with van der Waals surface area (Å²) in [7, 11) is 0. The van der Waals surface area contributed by atoms with Crippen LogP contribution in [-0.4, -0.2) is 9.97 Å². The largest absolute Gasteiger partial charge is 0.256 e. The summed E-state index contributed by atoms with van der Waals surface area (Å²) in [5.41, 5.74) is 6.71. The molecule has 2 aromatic heterocycles. The first-order valence-corrected chi connectivity index (χ1v) is 15.4. The van der Waals surface area contributed by atoms with Crippen molar-refractivity contribution in [2.24, 2.45) is 5.41 Å². The van der Waals surface area contributed by atoms with E-state index in [1.807, 2.05) is 30.5 Å². The number of fused-ring (bicyclic) bond motifs is 3. The molecule has 0 spiro atoms. The summed E-state index contributed by atoms with van der Waals surface area (Å²) < 4.78 is 0. The maximum atomic E-state index is 4.65. The number of para-hydroxylation sites is 2. The Balaban J connectivity index is 0.000000148. The second kappa shape index (κ2) is 13.1. The zero-order valence-corrected chi connectivity index (χ0v) is 27.6. The van der Waals surface area contributed by atoms with Crippen LogP contribution in [0.2, 0.25) is 0 Å². The fourth-order valence-corrected chi connectivity index (χ4v) is 4.98. The number of benzene rings is 4. The van der Waals surface area contributed by atoms with Crippen molar-refractivity contribution in [3.63, 3.8) is 0 Å². The average molecular weight is 569 g/mol. The lowest BCUT2D eigenvalue weighted by Crippen LogP contribution is -2.13. The Kier molecular flexibility index (Phi) is 9.70. The number of nitrogens with zero attached hydrogens (tertiary/aromatic N) is 2. The summed E-state index contributed by atoms with van der Waals surface area (Å²) in [5, 5.41) is 5.18. The minimum absolute atomic E-state index is 0.129. The van der Waals surface area contributed by atoms with Crippen LogP contribution in [0.4, 0.5) is 0 Å². The molecule has 0 atom stereocenters. The van der Waals surface area contributed by atoms with Gasteiger partial charge in [0.15, 0.2) is 0 Å². The van der Waals surface area contributed by atoms with Crippen molar-refractivity contribution in [1.29, 1.82) is 0 Å². The molecule has 0 aliphatic carbocycles. The molecule has 6 aromatic rings. The fraction of sp³-hybridized carbons (Fsp3) is 0.317. The molecule has 0 N–H and O–H groups in total. The van der Waals surface area contributed by atoms with E-state index in [1.165, 1.54) is 32.7 Å². The molecule has 43 heavy (non-hydrogen) atoms. The van der Waals surface area contributed by atoms with E-state index in [9.17, 15) is 0 Å². The van der Waals surface area contributed by atoms with Gasteiger partial charge in [-0.2, -0.15) is 0 Å². The zero-order valence-electron chi connectivity index (χ0n) is 27.6. The van der Waals surface area contributed by atoms with Crippen LogP contribution in [0.25, 0.3) is 32.6 Å². The maximum absolute atomic E-state index is 4.65. The van der Waals surface area contributed by atoms with E-state index in [0.717, 1.165) is 23.1 Å². The highest BCUT2D eigenvalue weighted by molar-refractivity contribution is 5.85. The lowest BCUT2D eigenvalue weighted by molar-refractivity contribution is 0.412. The SMILES string of the molecule is CC(C)(C)Cc1cccc2ccccc12.CC(C)(C)c1ccc2ccccc2n1.CC(C)(C)c1cnc2ccccc2c1. The Morgan fingerprint density at radius 3 is 1.74 bits per heavy atom. The van der Waals surface area contributed by atoms with Gasteiger partial charge in [-0.15, -0.1) is 0 Å². The van der Waals surface area contributed by atoms with Crippen molar-refractivity contribution in [3.05, 3.63) is 132 Å². The average Bonchev–Trinajstić information content (AvgIpc) is 2.96. The smallest absolute Gasteiger partial charge is 0.0705 e. The molecule has 4 aromatic carbocycles. The minimum Gasteiger partial charge on any atom is -0.256 e. The molecule has 2 heterocycles. The zero-order chi connectivity index (χ0) is 31.3. The first-order valence-electron chi connectivity index (χ1n) is 15.4. The van der Waals surface area contributed by atoms with Gasteiger partial charge in [0.05, 0.1) is 11.0 Å². The summed E-state index contributed by atoms with van der Waals surface area (Å²) in [6, 6.07) is 38.1. The Morgan fingerprint density at radius 2 is 1.09 bits per heavy atom. The van der Waals surface area contributed by atoms with Crippen molar-refractivity contribution < 1.29 is 0 Å². The summed E-state index contributed by atoms with van der Waals surface area (Å²) in [4.78, 5) is 9.09.